The van der Waals surface area contributed by atoms with Crippen LogP contribution < -0.4 is 10.2 Å². The first-order chi connectivity index (χ1) is 19.9. The van der Waals surface area contributed by atoms with E-state index in [9.17, 15) is 14.4 Å². The van der Waals surface area contributed by atoms with Gasteiger partial charge in [0.2, 0.25) is 0 Å². The molecule has 1 aliphatic rings. The number of barbiturate groups is 1. The summed E-state index contributed by atoms with van der Waals surface area (Å²) in [6.07, 6.45) is 1.58. The van der Waals surface area contributed by atoms with Crippen LogP contribution in [0.15, 0.2) is 125 Å². The number of para-hydroxylation sites is 1. The van der Waals surface area contributed by atoms with Crippen molar-refractivity contribution in [2.75, 3.05) is 4.90 Å². The van der Waals surface area contributed by atoms with Gasteiger partial charge in [0.15, 0.2) is 0 Å². The number of aryl methyl sites for hydroxylation is 1. The molecule has 0 spiro atoms. The minimum Gasteiger partial charge on any atom is -0.309 e. The summed E-state index contributed by atoms with van der Waals surface area (Å²) < 4.78 is 2.98. The van der Waals surface area contributed by atoms with Gasteiger partial charge in [-0.05, 0) is 66.1 Å². The number of carbonyl (C=O) groups excluding carboxylic acids is 3. The summed E-state index contributed by atoms with van der Waals surface area (Å²) in [5.74, 6) is -1.42. The summed E-state index contributed by atoms with van der Waals surface area (Å²) in [4.78, 5) is 40.8. The fraction of sp³-hybridized carbons (Fsp3) is 0.0294. The molecule has 0 aliphatic carbocycles. The monoisotopic (exact) mass is 601 g/mol. The molecule has 5 aromatic rings. The smallest absolute Gasteiger partial charge is 0.309 e. The van der Waals surface area contributed by atoms with Gasteiger partial charge in [0, 0.05) is 15.7 Å². The molecule has 0 radical (unpaired) electrons. The largest absolute Gasteiger partial charge is 0.335 e. The molecule has 0 saturated carbocycles. The van der Waals surface area contributed by atoms with Gasteiger partial charge in [-0.3, -0.25) is 14.9 Å². The second-order valence-electron chi connectivity index (χ2n) is 9.63. The molecule has 7 heteroatoms. The number of anilines is 1. The number of rotatable bonds is 5. The van der Waals surface area contributed by atoms with Crippen LogP contribution in [0.4, 0.5) is 10.5 Å². The average Bonchev–Trinajstić information content (AvgIpc) is 3.37. The Morgan fingerprint density at radius 2 is 1.32 bits per heavy atom. The Labute approximate surface area is 245 Å². The van der Waals surface area contributed by atoms with Gasteiger partial charge in [0.05, 0.1) is 17.1 Å². The number of nitrogens with zero attached hydrogens (tertiary/aromatic N) is 2. The molecule has 1 N–H and O–H groups in total. The van der Waals surface area contributed by atoms with E-state index in [4.69, 9.17) is 0 Å². The lowest BCUT2D eigenvalue weighted by molar-refractivity contribution is -0.122. The van der Waals surface area contributed by atoms with Crippen LogP contribution >= 0.6 is 15.9 Å². The third-order valence-corrected chi connectivity index (χ3v) is 7.85. The molecule has 0 atom stereocenters. The Kier molecular flexibility index (Phi) is 6.95. The van der Waals surface area contributed by atoms with Crippen LogP contribution in [-0.2, 0) is 9.59 Å². The zero-order valence-corrected chi connectivity index (χ0v) is 23.6. The predicted molar refractivity (Wildman–Crippen MR) is 165 cm³/mol. The molecular formula is C34H24BrN3O3. The highest BCUT2D eigenvalue weighted by molar-refractivity contribution is 9.10. The van der Waals surface area contributed by atoms with Gasteiger partial charge in [-0.25, -0.2) is 9.69 Å². The fourth-order valence-electron chi connectivity index (χ4n) is 5.01. The van der Waals surface area contributed by atoms with Crippen molar-refractivity contribution in [2.45, 2.75) is 6.92 Å². The number of amides is 4. The van der Waals surface area contributed by atoms with E-state index in [1.165, 1.54) is 0 Å². The van der Waals surface area contributed by atoms with Gasteiger partial charge in [-0.2, -0.15) is 0 Å². The third kappa shape index (κ3) is 4.92. The first-order valence-electron chi connectivity index (χ1n) is 13.0. The Morgan fingerprint density at radius 1 is 0.707 bits per heavy atom. The Bertz CT molecular complexity index is 1830. The van der Waals surface area contributed by atoms with E-state index in [0.717, 1.165) is 43.1 Å². The summed E-state index contributed by atoms with van der Waals surface area (Å²) in [6, 6.07) is 36.1. The molecule has 0 bridgehead atoms. The summed E-state index contributed by atoms with van der Waals surface area (Å²) in [5, 5.41) is 2.35. The van der Waals surface area contributed by atoms with Crippen LogP contribution in [-0.4, -0.2) is 22.4 Å². The van der Waals surface area contributed by atoms with Crippen LogP contribution in [0.25, 0.3) is 34.3 Å². The zero-order chi connectivity index (χ0) is 28.5. The number of carbonyl (C=O) groups is 3. The van der Waals surface area contributed by atoms with E-state index < -0.39 is 17.8 Å². The average molecular weight is 602 g/mol. The summed E-state index contributed by atoms with van der Waals surface area (Å²) >= 11 is 3.46. The number of nitrogens with one attached hydrogen (secondary N) is 1. The van der Waals surface area contributed by atoms with Gasteiger partial charge in [0.25, 0.3) is 11.8 Å². The number of halogens is 1. The lowest BCUT2D eigenvalue weighted by Gasteiger charge is -2.26. The molecule has 1 aliphatic heterocycles. The third-order valence-electron chi connectivity index (χ3n) is 6.96. The number of hydrogen-bond donors (Lipinski definition) is 1. The Hall–Kier alpha value is -5.01. The Balaban J connectivity index is 1.58. The first kappa shape index (κ1) is 26.2. The quantitative estimate of drug-likeness (QED) is 0.167. The highest BCUT2D eigenvalue weighted by Crippen LogP contribution is 2.37. The molecule has 1 aromatic heterocycles. The zero-order valence-electron chi connectivity index (χ0n) is 22.0. The van der Waals surface area contributed by atoms with E-state index >= 15 is 0 Å². The van der Waals surface area contributed by atoms with E-state index in [-0.39, 0.29) is 5.57 Å². The highest BCUT2D eigenvalue weighted by Gasteiger charge is 2.37. The molecule has 0 unspecified atom stereocenters. The number of urea groups is 1. The molecule has 6 nitrogen and oxygen atoms in total. The highest BCUT2D eigenvalue weighted by atomic mass is 79.9. The van der Waals surface area contributed by atoms with Crippen LogP contribution in [0, 0.1) is 6.92 Å². The van der Waals surface area contributed by atoms with E-state index in [1.807, 2.05) is 104 Å². The molecule has 1 saturated heterocycles. The van der Waals surface area contributed by atoms with Crippen LogP contribution in [0.1, 0.15) is 11.1 Å². The van der Waals surface area contributed by atoms with Crippen molar-refractivity contribution >= 4 is 45.5 Å². The molecular weight excluding hydrogens is 578 g/mol. The minimum absolute atomic E-state index is 0.132. The molecule has 1 fully saturated rings. The molecule has 2 heterocycles. The second-order valence-corrected chi connectivity index (χ2v) is 10.5. The van der Waals surface area contributed by atoms with E-state index in [0.29, 0.717) is 11.3 Å². The van der Waals surface area contributed by atoms with Crippen molar-refractivity contribution in [3.8, 4) is 28.2 Å². The fourth-order valence-corrected chi connectivity index (χ4v) is 5.26. The van der Waals surface area contributed by atoms with Crippen LogP contribution in [0.3, 0.4) is 0 Å². The van der Waals surface area contributed by atoms with E-state index in [1.54, 1.807) is 24.3 Å². The number of aromatic nitrogens is 1. The van der Waals surface area contributed by atoms with Gasteiger partial charge in [-0.1, -0.05) is 94.8 Å². The molecule has 6 rings (SSSR count). The van der Waals surface area contributed by atoms with E-state index in [2.05, 4.69) is 25.8 Å². The SMILES string of the molecule is Cc1cc(N2C(=O)NC(=O)/C(=C/c3cc(-c4ccccc4)n(-c4ccccc4)c3-c3ccccc3)C2=O)ccc1Br. The first-order valence-corrected chi connectivity index (χ1v) is 13.8. The summed E-state index contributed by atoms with van der Waals surface area (Å²) in [6.45, 7) is 1.87. The Morgan fingerprint density at radius 3 is 1.95 bits per heavy atom. The number of imide groups is 2. The lowest BCUT2D eigenvalue weighted by Crippen LogP contribution is -2.54. The second kappa shape index (κ2) is 10.9. The lowest BCUT2D eigenvalue weighted by atomic mass is 10.0. The van der Waals surface area contributed by atoms with Crippen LogP contribution in [0.2, 0.25) is 0 Å². The maximum atomic E-state index is 13.8. The van der Waals surface area contributed by atoms with Crippen molar-refractivity contribution in [1.82, 2.24) is 9.88 Å². The molecule has 4 aromatic carbocycles. The van der Waals surface area contributed by atoms with Crippen molar-refractivity contribution in [1.29, 1.82) is 0 Å². The van der Waals surface area contributed by atoms with Crippen molar-refractivity contribution < 1.29 is 14.4 Å². The van der Waals surface area contributed by atoms with Crippen molar-refractivity contribution in [2.24, 2.45) is 0 Å². The molecule has 41 heavy (non-hydrogen) atoms. The van der Waals surface area contributed by atoms with Gasteiger partial charge >= 0.3 is 6.03 Å². The maximum absolute atomic E-state index is 13.8. The van der Waals surface area contributed by atoms with Crippen molar-refractivity contribution in [3.05, 3.63) is 136 Å². The van der Waals surface area contributed by atoms with Gasteiger partial charge in [0.1, 0.15) is 5.57 Å². The standard InChI is InChI=1S/C34H24BrN3O3/c1-22-19-27(17-18-29(22)35)38-33(40)28(32(39)36-34(38)41)20-25-21-30(23-11-5-2-6-12-23)37(26-15-9-4-10-16-26)31(25)24-13-7-3-8-14-24/h2-21H,1H3,(H,36,39,41)/b28-20-. The predicted octanol–water partition coefficient (Wildman–Crippen LogP) is 7.55. The van der Waals surface area contributed by atoms with Gasteiger partial charge in [-0.15, -0.1) is 0 Å². The maximum Gasteiger partial charge on any atom is 0.335 e. The normalized spacial score (nSPS) is 14.4. The van der Waals surface area contributed by atoms with Gasteiger partial charge < -0.3 is 4.57 Å². The summed E-state index contributed by atoms with van der Waals surface area (Å²) in [5.41, 5.74) is 6.27. The topological polar surface area (TPSA) is 71.4 Å². The van der Waals surface area contributed by atoms with Crippen molar-refractivity contribution in [3.63, 3.8) is 0 Å². The molecule has 4 amide bonds. The minimum atomic E-state index is -0.783. The number of hydrogen-bond acceptors (Lipinski definition) is 3. The number of benzene rings is 4. The van der Waals surface area contributed by atoms with Crippen LogP contribution in [0.5, 0.6) is 0 Å². The summed E-state index contributed by atoms with van der Waals surface area (Å²) in [7, 11) is 0. The molecule has 200 valence electrons.